The number of allylic oxidation sites excluding steroid dienone is 3. The van der Waals surface area contributed by atoms with Crippen LogP contribution in [0.15, 0.2) is 23.0 Å². The first-order chi connectivity index (χ1) is 23.9. The van der Waals surface area contributed by atoms with Gasteiger partial charge >= 0.3 is 0 Å². The summed E-state index contributed by atoms with van der Waals surface area (Å²) in [5, 5.41) is 0. The van der Waals surface area contributed by atoms with Crippen molar-refractivity contribution in [1.82, 2.24) is 14.4 Å². The van der Waals surface area contributed by atoms with Crippen molar-refractivity contribution in [2.24, 2.45) is 35.0 Å². The van der Waals surface area contributed by atoms with Crippen LogP contribution in [0.5, 0.6) is 0 Å². The first-order valence-corrected chi connectivity index (χ1v) is 21.7. The van der Waals surface area contributed by atoms with Crippen LogP contribution in [-0.2, 0) is 24.1 Å². The molecule has 3 saturated heterocycles. The van der Waals surface area contributed by atoms with Crippen LogP contribution in [0.1, 0.15) is 172 Å². The summed E-state index contributed by atoms with van der Waals surface area (Å²) in [6.45, 7) is 15.1. The highest BCUT2D eigenvalue weighted by molar-refractivity contribution is 5.84. The molecule has 12 atom stereocenters. The van der Waals surface area contributed by atoms with Gasteiger partial charge in [0.05, 0.1) is 11.6 Å². The maximum absolute atomic E-state index is 13.7. The molecule has 1 spiro atoms. The molecule has 1 aromatic heterocycles. The Bertz CT molecular complexity index is 1630. The highest BCUT2D eigenvalue weighted by atomic mass is 16.1. The van der Waals surface area contributed by atoms with Gasteiger partial charge in [-0.15, -0.1) is 0 Å². The first kappa shape index (κ1) is 31.7. The van der Waals surface area contributed by atoms with E-state index in [-0.39, 0.29) is 17.0 Å². The summed E-state index contributed by atoms with van der Waals surface area (Å²) < 4.78 is 2.95. The number of ketones is 1. The Morgan fingerprint density at radius 3 is 2.49 bits per heavy atom. The van der Waals surface area contributed by atoms with E-state index in [1.807, 2.05) is 16.8 Å². The third-order valence-electron chi connectivity index (χ3n) is 17.6. The Hall–Kier alpha value is -1.97. The number of nitrogens with zero attached hydrogens (tertiary/aromatic N) is 3. The van der Waals surface area contributed by atoms with Crippen LogP contribution in [0.4, 0.5) is 0 Å². The lowest BCUT2D eigenvalue weighted by Gasteiger charge is -2.53. The molecule has 49 heavy (non-hydrogen) atoms. The number of carbonyl (C=O) groups excluding carboxylic acids is 1. The number of hydrogen-bond donors (Lipinski definition) is 0. The van der Waals surface area contributed by atoms with Crippen molar-refractivity contribution < 1.29 is 4.79 Å². The summed E-state index contributed by atoms with van der Waals surface area (Å²) in [6.07, 6.45) is 25.5. The number of fused-ring (bicyclic) bond motifs is 4. The largest absolute Gasteiger partial charge is 0.361 e. The SMILES string of the molecule is CCC(=O)[C@H]1CCC[C@@H]2CC3=C(C[C@H](CC)[C@@H]4C[C@H]5CCC=C6N5[C@]34C3[C@H](CC)[C@@H](C)C(c4c(CC)c5n7c4CC[C@H]7CCC5)[C@@]63CC)N21. The van der Waals surface area contributed by atoms with Crippen molar-refractivity contribution in [2.75, 3.05) is 0 Å². The van der Waals surface area contributed by atoms with Crippen molar-refractivity contribution in [3.05, 3.63) is 45.6 Å². The second kappa shape index (κ2) is 11.0. The van der Waals surface area contributed by atoms with E-state index in [9.17, 15) is 4.79 Å². The van der Waals surface area contributed by atoms with Gasteiger partial charge in [0.1, 0.15) is 0 Å². The standard InChI is InChI=1S/C45H65N3O/c1-7-27-23-38-34(24-29-16-13-19-36(47(29)38)39(49)10-4)45-33(27)25-30-17-14-20-40(48(30)45)44(11-5)42(26(6)31(8-2)43(44)45)41-32(9-3)35-18-12-15-28-21-22-37(41)46(28)35/h20,26-31,33,36,42-43H,7-19,21-25H2,1-6H3/t26-,27+,28-,29-,30-,31-,33+,36-,42?,43?,44-,45+/m1/s1. The molecule has 9 aliphatic rings. The van der Waals surface area contributed by atoms with Crippen molar-refractivity contribution >= 4 is 5.78 Å². The lowest BCUT2D eigenvalue weighted by molar-refractivity contribution is -0.125. The van der Waals surface area contributed by atoms with E-state index < -0.39 is 0 Å². The fourth-order valence-electron chi connectivity index (χ4n) is 16.4. The van der Waals surface area contributed by atoms with E-state index in [0.717, 1.165) is 30.2 Å². The van der Waals surface area contributed by atoms with Crippen LogP contribution in [-0.4, -0.2) is 43.8 Å². The molecular weight excluding hydrogens is 599 g/mol. The number of carbonyl (C=O) groups is 1. The quantitative estimate of drug-likeness (QED) is 0.291. The molecule has 0 N–H and O–H groups in total. The zero-order chi connectivity index (χ0) is 33.6. The fourth-order valence-corrected chi connectivity index (χ4v) is 16.4. The molecule has 1 saturated carbocycles. The Morgan fingerprint density at radius 2 is 1.73 bits per heavy atom. The number of Topliss-reactive ketones (excluding diaryl/α,β-unsaturated/α-hetero) is 1. The fraction of sp³-hybridized carbons (Fsp3) is 0.800. The van der Waals surface area contributed by atoms with E-state index in [2.05, 4.69) is 62.0 Å². The van der Waals surface area contributed by atoms with Gasteiger partial charge in [0, 0.05) is 64.6 Å². The van der Waals surface area contributed by atoms with Crippen LogP contribution in [0.3, 0.4) is 0 Å². The number of hydrogen-bond acceptors (Lipinski definition) is 3. The van der Waals surface area contributed by atoms with E-state index >= 15 is 0 Å². The van der Waals surface area contributed by atoms with Crippen molar-refractivity contribution in [1.29, 1.82) is 0 Å². The lowest BCUT2D eigenvalue weighted by Crippen LogP contribution is -2.57. The smallest absolute Gasteiger partial charge is 0.154 e. The van der Waals surface area contributed by atoms with Crippen molar-refractivity contribution in [3.8, 4) is 0 Å². The normalized spacial score (nSPS) is 44.1. The zero-order valence-corrected chi connectivity index (χ0v) is 31.8. The third kappa shape index (κ3) is 3.57. The highest BCUT2D eigenvalue weighted by Crippen LogP contribution is 2.81. The van der Waals surface area contributed by atoms with Crippen molar-refractivity contribution in [2.45, 2.75) is 193 Å². The summed E-state index contributed by atoms with van der Waals surface area (Å²) >= 11 is 0. The molecule has 0 aromatic carbocycles. The maximum atomic E-state index is 13.7. The van der Waals surface area contributed by atoms with Gasteiger partial charge in [-0.25, -0.2) is 0 Å². The van der Waals surface area contributed by atoms with Gasteiger partial charge in [0.2, 0.25) is 0 Å². The topological polar surface area (TPSA) is 28.5 Å². The van der Waals surface area contributed by atoms with Crippen LogP contribution in [0.2, 0.25) is 0 Å². The Labute approximate surface area is 297 Å². The monoisotopic (exact) mass is 664 g/mol. The van der Waals surface area contributed by atoms with Gasteiger partial charge in [-0.3, -0.25) is 4.79 Å². The third-order valence-corrected chi connectivity index (χ3v) is 17.6. The minimum Gasteiger partial charge on any atom is -0.361 e. The molecule has 0 bridgehead atoms. The summed E-state index contributed by atoms with van der Waals surface area (Å²) in [6, 6.07) is 2.15. The Balaban J connectivity index is 1.24. The van der Waals surface area contributed by atoms with Gasteiger partial charge in [-0.2, -0.15) is 0 Å². The minimum absolute atomic E-state index is 0.127. The van der Waals surface area contributed by atoms with E-state index in [0.29, 0.717) is 42.0 Å². The summed E-state index contributed by atoms with van der Waals surface area (Å²) in [4.78, 5) is 19.8. The van der Waals surface area contributed by atoms with E-state index in [1.165, 1.54) is 103 Å². The molecule has 0 amide bonds. The van der Waals surface area contributed by atoms with Crippen LogP contribution in [0, 0.1) is 35.0 Å². The van der Waals surface area contributed by atoms with Gasteiger partial charge in [0.25, 0.3) is 0 Å². The lowest BCUT2D eigenvalue weighted by atomic mass is 9.53. The average Bonchev–Trinajstić information content (AvgIpc) is 3.95. The predicted octanol–water partition coefficient (Wildman–Crippen LogP) is 10.1. The van der Waals surface area contributed by atoms with Crippen LogP contribution >= 0.6 is 0 Å². The second-order valence-electron chi connectivity index (χ2n) is 18.6. The molecular formula is C45H65N3O. The van der Waals surface area contributed by atoms with Gasteiger partial charge in [-0.1, -0.05) is 60.5 Å². The minimum atomic E-state index is 0.127. The van der Waals surface area contributed by atoms with E-state index in [1.54, 1.807) is 22.6 Å². The Kier molecular flexibility index (Phi) is 7.14. The van der Waals surface area contributed by atoms with Gasteiger partial charge in [-0.05, 0) is 137 Å². The molecule has 266 valence electrons. The highest BCUT2D eigenvalue weighted by Gasteiger charge is 2.80. The molecule has 4 nitrogen and oxygen atoms in total. The summed E-state index contributed by atoms with van der Waals surface area (Å²) in [5.74, 6) is 4.74. The zero-order valence-electron chi connectivity index (χ0n) is 31.8. The first-order valence-electron chi connectivity index (χ1n) is 21.7. The second-order valence-corrected chi connectivity index (χ2v) is 18.6. The Morgan fingerprint density at radius 1 is 0.898 bits per heavy atom. The molecule has 2 aliphatic carbocycles. The molecule has 1 aromatic rings. The molecule has 0 radical (unpaired) electrons. The van der Waals surface area contributed by atoms with E-state index in [4.69, 9.17) is 0 Å². The number of piperidine rings is 1. The van der Waals surface area contributed by atoms with Crippen LogP contribution in [0.25, 0.3) is 0 Å². The van der Waals surface area contributed by atoms with Crippen molar-refractivity contribution in [3.63, 3.8) is 0 Å². The maximum Gasteiger partial charge on any atom is 0.154 e. The number of rotatable bonds is 7. The predicted molar refractivity (Wildman–Crippen MR) is 198 cm³/mol. The summed E-state index contributed by atoms with van der Waals surface area (Å²) in [7, 11) is 0. The average molecular weight is 664 g/mol. The van der Waals surface area contributed by atoms with Gasteiger partial charge < -0.3 is 14.4 Å². The molecule has 2 unspecified atom stereocenters. The molecule has 8 heterocycles. The molecule has 4 fully saturated rings. The summed E-state index contributed by atoms with van der Waals surface area (Å²) in [5.41, 5.74) is 13.0. The molecule has 10 rings (SSSR count). The van der Waals surface area contributed by atoms with Crippen LogP contribution < -0.4 is 0 Å². The molecule has 4 heteroatoms. The number of aromatic nitrogens is 1. The molecule has 7 aliphatic heterocycles. The van der Waals surface area contributed by atoms with Gasteiger partial charge in [0.15, 0.2) is 5.78 Å².